The van der Waals surface area contributed by atoms with E-state index >= 15 is 0 Å². The van der Waals surface area contributed by atoms with Gasteiger partial charge in [0.05, 0.1) is 5.92 Å². The summed E-state index contributed by atoms with van der Waals surface area (Å²) in [6.45, 7) is 0.159. The molecule has 7 heteroatoms. The zero-order valence-corrected chi connectivity index (χ0v) is 8.70. The van der Waals surface area contributed by atoms with Crippen molar-refractivity contribution in [3.05, 3.63) is 0 Å². The Hall–Kier alpha value is -0.820. The van der Waals surface area contributed by atoms with Crippen molar-refractivity contribution in [1.29, 1.82) is 0 Å². The van der Waals surface area contributed by atoms with Crippen LogP contribution in [0.4, 0.5) is 13.2 Å². The molecule has 1 amide bonds. The number of hydrogen-bond acceptors (Lipinski definition) is 3. The van der Waals surface area contributed by atoms with Gasteiger partial charge in [-0.2, -0.15) is 13.2 Å². The molecule has 1 rings (SSSR count). The van der Waals surface area contributed by atoms with Gasteiger partial charge >= 0.3 is 6.18 Å². The van der Waals surface area contributed by atoms with Crippen LogP contribution in [0.2, 0.25) is 0 Å². The van der Waals surface area contributed by atoms with Crippen molar-refractivity contribution in [2.24, 2.45) is 11.7 Å². The molecule has 4 nitrogen and oxygen atoms in total. The lowest BCUT2D eigenvalue weighted by atomic mass is 9.97. The Labute approximate surface area is 91.2 Å². The van der Waals surface area contributed by atoms with Crippen molar-refractivity contribution >= 4 is 5.91 Å². The summed E-state index contributed by atoms with van der Waals surface area (Å²) in [5.41, 5.74) is 5.10. The average molecular weight is 240 g/mol. The van der Waals surface area contributed by atoms with Crippen LogP contribution >= 0.6 is 0 Å². The molecule has 0 bridgehead atoms. The minimum atomic E-state index is -4.61. The molecule has 0 radical (unpaired) electrons. The number of hydrogen-bond donors (Lipinski definition) is 2. The van der Waals surface area contributed by atoms with E-state index in [0.717, 1.165) is 0 Å². The molecular weight excluding hydrogens is 225 g/mol. The highest BCUT2D eigenvalue weighted by atomic mass is 19.4. The molecule has 94 valence electrons. The zero-order valence-electron chi connectivity index (χ0n) is 8.70. The third kappa shape index (κ3) is 3.64. The fourth-order valence-corrected chi connectivity index (χ4v) is 1.80. The van der Waals surface area contributed by atoms with Crippen LogP contribution in [0, 0.1) is 5.92 Å². The quantitative estimate of drug-likeness (QED) is 0.735. The monoisotopic (exact) mass is 240 g/mol. The van der Waals surface area contributed by atoms with E-state index in [2.05, 4.69) is 0 Å². The maximum atomic E-state index is 12.1. The van der Waals surface area contributed by atoms with E-state index in [1.54, 1.807) is 0 Å². The van der Waals surface area contributed by atoms with Gasteiger partial charge in [-0.05, 0) is 19.4 Å². The summed E-state index contributed by atoms with van der Waals surface area (Å²) >= 11 is 0. The number of halogens is 3. The van der Waals surface area contributed by atoms with E-state index < -0.39 is 30.7 Å². The molecule has 1 aliphatic rings. The van der Waals surface area contributed by atoms with Gasteiger partial charge < -0.3 is 10.8 Å². The predicted molar refractivity (Wildman–Crippen MR) is 50.4 cm³/mol. The molecule has 0 aromatic heterocycles. The molecule has 0 aromatic carbocycles. The lowest BCUT2D eigenvalue weighted by Gasteiger charge is -2.32. The number of piperidine rings is 1. The first-order valence-electron chi connectivity index (χ1n) is 5.07. The lowest BCUT2D eigenvalue weighted by Crippen LogP contribution is -2.47. The van der Waals surface area contributed by atoms with E-state index in [4.69, 9.17) is 10.8 Å². The van der Waals surface area contributed by atoms with Crippen molar-refractivity contribution in [2.45, 2.75) is 25.1 Å². The van der Waals surface area contributed by atoms with Crippen molar-refractivity contribution in [2.75, 3.05) is 19.6 Å². The molecule has 16 heavy (non-hydrogen) atoms. The normalized spacial score (nSPS) is 25.4. The number of likely N-dealkylation sites (tertiary alicyclic amines) is 1. The van der Waals surface area contributed by atoms with E-state index in [0.29, 0.717) is 19.4 Å². The molecular formula is C9H15F3N2O2. The van der Waals surface area contributed by atoms with E-state index in [9.17, 15) is 18.0 Å². The van der Waals surface area contributed by atoms with Gasteiger partial charge in [-0.25, -0.2) is 0 Å². The fraction of sp³-hybridized carbons (Fsp3) is 0.889. The topological polar surface area (TPSA) is 66.6 Å². The van der Waals surface area contributed by atoms with Crippen molar-refractivity contribution in [3.8, 4) is 0 Å². The molecule has 2 unspecified atom stereocenters. The van der Waals surface area contributed by atoms with Gasteiger partial charge in [0, 0.05) is 13.1 Å². The predicted octanol–water partition coefficient (Wildman–Crippen LogP) is 0.107. The average Bonchev–Trinajstić information content (AvgIpc) is 2.16. The molecule has 1 fully saturated rings. The fourth-order valence-electron chi connectivity index (χ4n) is 1.80. The van der Waals surface area contributed by atoms with Gasteiger partial charge in [0.25, 0.3) is 0 Å². The van der Waals surface area contributed by atoms with Crippen LogP contribution in [0.5, 0.6) is 0 Å². The highest BCUT2D eigenvalue weighted by molar-refractivity contribution is 5.76. The van der Waals surface area contributed by atoms with Gasteiger partial charge in [-0.15, -0.1) is 0 Å². The van der Waals surface area contributed by atoms with E-state index in [-0.39, 0.29) is 6.54 Å². The summed E-state index contributed by atoms with van der Waals surface area (Å²) in [7, 11) is 0. The zero-order chi connectivity index (χ0) is 12.3. The minimum Gasteiger partial charge on any atom is -0.382 e. The van der Waals surface area contributed by atoms with Crippen molar-refractivity contribution in [1.82, 2.24) is 4.90 Å². The first-order valence-corrected chi connectivity index (χ1v) is 5.07. The van der Waals surface area contributed by atoms with Crippen LogP contribution in [0.25, 0.3) is 0 Å². The molecule has 3 N–H and O–H groups in total. The molecule has 0 aliphatic carbocycles. The van der Waals surface area contributed by atoms with E-state index in [1.165, 1.54) is 4.90 Å². The number of carbonyl (C=O) groups is 1. The SMILES string of the molecule is NC(=O)C1CCCN(CC(O)C(F)(F)F)C1. The number of carbonyl (C=O) groups excluding carboxylic acids is 1. The lowest BCUT2D eigenvalue weighted by molar-refractivity contribution is -0.209. The highest BCUT2D eigenvalue weighted by Crippen LogP contribution is 2.23. The van der Waals surface area contributed by atoms with Crippen LogP contribution in [-0.4, -0.2) is 47.8 Å². The molecule has 0 saturated carbocycles. The Kier molecular flexibility index (Phi) is 4.15. The van der Waals surface area contributed by atoms with Gasteiger partial charge in [-0.1, -0.05) is 0 Å². The molecule has 1 saturated heterocycles. The first kappa shape index (κ1) is 13.2. The number of amides is 1. The first-order chi connectivity index (χ1) is 7.30. The Morgan fingerprint density at radius 1 is 1.56 bits per heavy atom. The Morgan fingerprint density at radius 3 is 2.69 bits per heavy atom. The van der Waals surface area contributed by atoms with Crippen LogP contribution < -0.4 is 5.73 Å². The second-order valence-electron chi connectivity index (χ2n) is 4.06. The summed E-state index contributed by atoms with van der Waals surface area (Å²) in [5.74, 6) is -0.902. The number of aliphatic hydroxyl groups excluding tert-OH is 1. The van der Waals surface area contributed by atoms with Crippen LogP contribution in [-0.2, 0) is 4.79 Å². The Morgan fingerprint density at radius 2 is 2.19 bits per heavy atom. The maximum absolute atomic E-state index is 12.1. The van der Waals surface area contributed by atoms with Crippen LogP contribution in [0.3, 0.4) is 0 Å². The number of rotatable bonds is 3. The number of primary amides is 1. The molecule has 1 aliphatic heterocycles. The highest BCUT2D eigenvalue weighted by Gasteiger charge is 2.40. The third-order valence-corrected chi connectivity index (χ3v) is 2.72. The summed E-state index contributed by atoms with van der Waals surface area (Å²) < 4.78 is 36.3. The minimum absolute atomic E-state index is 0.197. The summed E-state index contributed by atoms with van der Waals surface area (Å²) in [4.78, 5) is 12.3. The summed E-state index contributed by atoms with van der Waals surface area (Å²) in [6, 6.07) is 0. The van der Waals surface area contributed by atoms with Gasteiger partial charge in [0.15, 0.2) is 6.10 Å². The Bertz CT molecular complexity index is 258. The number of β-amino-alcohol motifs (C(OH)–C–C–N with tert-alkyl or cyclic N) is 1. The second kappa shape index (κ2) is 5.01. The standard InChI is InChI=1S/C9H15F3N2O2/c10-9(11,12)7(15)5-14-3-1-2-6(4-14)8(13)16/h6-7,15H,1-5H2,(H2,13,16). The Balaban J connectivity index is 2.46. The number of alkyl halides is 3. The molecule has 2 atom stereocenters. The molecule has 0 spiro atoms. The van der Waals surface area contributed by atoms with Crippen molar-refractivity contribution < 1.29 is 23.1 Å². The van der Waals surface area contributed by atoms with Gasteiger partial charge in [0.1, 0.15) is 0 Å². The largest absolute Gasteiger partial charge is 0.415 e. The van der Waals surface area contributed by atoms with Gasteiger partial charge in [-0.3, -0.25) is 9.69 Å². The van der Waals surface area contributed by atoms with Crippen LogP contribution in [0.1, 0.15) is 12.8 Å². The second-order valence-corrected chi connectivity index (χ2v) is 4.06. The van der Waals surface area contributed by atoms with E-state index in [1.807, 2.05) is 0 Å². The molecule has 1 heterocycles. The summed E-state index contributed by atoms with van der Waals surface area (Å²) in [5, 5.41) is 8.88. The third-order valence-electron chi connectivity index (χ3n) is 2.72. The maximum Gasteiger partial charge on any atom is 0.415 e. The van der Waals surface area contributed by atoms with Gasteiger partial charge in [0.2, 0.25) is 5.91 Å². The van der Waals surface area contributed by atoms with Crippen LogP contribution in [0.15, 0.2) is 0 Å². The molecule has 0 aromatic rings. The number of aliphatic hydroxyl groups is 1. The van der Waals surface area contributed by atoms with Crippen molar-refractivity contribution in [3.63, 3.8) is 0 Å². The number of nitrogens with zero attached hydrogens (tertiary/aromatic N) is 1. The number of nitrogens with two attached hydrogens (primary N) is 1. The smallest absolute Gasteiger partial charge is 0.382 e. The summed E-state index contributed by atoms with van der Waals surface area (Å²) in [6.07, 6.45) is -5.75.